The molecule has 0 spiro atoms. The minimum Gasteiger partial charge on any atom is -0.444 e. The van der Waals surface area contributed by atoms with E-state index < -0.39 is 5.60 Å². The fourth-order valence-electron chi connectivity index (χ4n) is 4.12. The lowest BCUT2D eigenvalue weighted by Gasteiger charge is -2.26. The molecule has 0 radical (unpaired) electrons. The molecule has 0 aromatic heterocycles. The summed E-state index contributed by atoms with van der Waals surface area (Å²) < 4.78 is 5.53. The van der Waals surface area contributed by atoms with Crippen molar-refractivity contribution in [1.29, 1.82) is 0 Å². The van der Waals surface area contributed by atoms with Crippen molar-refractivity contribution >= 4 is 23.9 Å². The molecule has 0 saturated carbocycles. The molecule has 1 unspecified atom stereocenters. The first-order chi connectivity index (χ1) is 15.4. The largest absolute Gasteiger partial charge is 0.444 e. The summed E-state index contributed by atoms with van der Waals surface area (Å²) in [7, 11) is 2.13. The van der Waals surface area contributed by atoms with E-state index in [1.807, 2.05) is 25.7 Å². The van der Waals surface area contributed by atoms with Gasteiger partial charge in [-0.15, -0.1) is 0 Å². The highest BCUT2D eigenvalue weighted by molar-refractivity contribution is 5.71. The van der Waals surface area contributed by atoms with Crippen LogP contribution in [0, 0.1) is 5.92 Å². The summed E-state index contributed by atoms with van der Waals surface area (Å²) in [6, 6.07) is 17.4. The van der Waals surface area contributed by atoms with Crippen LogP contribution in [0.25, 0.3) is 12.2 Å². The smallest absolute Gasteiger partial charge is 0.410 e. The molecule has 4 heteroatoms. The summed E-state index contributed by atoms with van der Waals surface area (Å²) in [5.74, 6) is 0.447. The van der Waals surface area contributed by atoms with Crippen molar-refractivity contribution in [2.24, 2.45) is 5.92 Å². The van der Waals surface area contributed by atoms with Crippen LogP contribution in [0.3, 0.4) is 0 Å². The van der Waals surface area contributed by atoms with Crippen LogP contribution < -0.4 is 4.90 Å². The normalized spacial score (nSPS) is 16.9. The molecule has 1 aliphatic rings. The van der Waals surface area contributed by atoms with E-state index in [1.54, 1.807) is 0 Å². The van der Waals surface area contributed by atoms with E-state index in [0.717, 1.165) is 26.1 Å². The van der Waals surface area contributed by atoms with Gasteiger partial charge in [-0.2, -0.15) is 0 Å². The van der Waals surface area contributed by atoms with E-state index >= 15 is 0 Å². The maximum atomic E-state index is 12.3. The molecule has 33 heavy (non-hydrogen) atoms. The molecule has 4 nitrogen and oxygen atoms in total. The van der Waals surface area contributed by atoms with E-state index in [0.29, 0.717) is 5.92 Å². The van der Waals surface area contributed by atoms with Crippen LogP contribution in [0.2, 0.25) is 0 Å². The van der Waals surface area contributed by atoms with Gasteiger partial charge in [-0.3, -0.25) is 0 Å². The average molecular weight is 449 g/mol. The first kappa shape index (κ1) is 24.9. The molecule has 2 aromatic carbocycles. The Hall–Kier alpha value is -2.75. The second-order valence-electron chi connectivity index (χ2n) is 11.3. The van der Waals surface area contributed by atoms with E-state index in [-0.39, 0.29) is 11.5 Å². The van der Waals surface area contributed by atoms with Crippen LogP contribution in [0.4, 0.5) is 10.5 Å². The Kier molecular flexibility index (Phi) is 7.56. The third-order valence-corrected chi connectivity index (χ3v) is 6.03. The van der Waals surface area contributed by atoms with Crippen LogP contribution in [-0.4, -0.2) is 43.3 Å². The van der Waals surface area contributed by atoms with E-state index in [4.69, 9.17) is 4.74 Å². The molecule has 1 heterocycles. The molecular formula is C29H40N2O2. The lowest BCUT2D eigenvalue weighted by molar-refractivity contribution is 0.0288. The maximum Gasteiger partial charge on any atom is 0.410 e. The monoisotopic (exact) mass is 448 g/mol. The Morgan fingerprint density at radius 2 is 1.70 bits per heavy atom. The zero-order chi connectivity index (χ0) is 24.2. The molecule has 1 amide bonds. The summed E-state index contributed by atoms with van der Waals surface area (Å²) in [6.07, 6.45) is 5.15. The quantitative estimate of drug-likeness (QED) is 0.469. The van der Waals surface area contributed by atoms with E-state index in [2.05, 4.69) is 93.4 Å². The SMILES string of the molecule is CN(CC1CCN(C(=O)OC(C)(C)C)C1)c1cccc(/C=C\c2ccc(C(C)(C)C)cc2)c1. The molecule has 1 aliphatic heterocycles. The number of anilines is 1. The third kappa shape index (κ3) is 7.38. The number of likely N-dealkylation sites (tertiary alicyclic amines) is 1. The Balaban J connectivity index is 1.58. The Labute approximate surface area is 200 Å². The summed E-state index contributed by atoms with van der Waals surface area (Å²) >= 11 is 0. The molecule has 178 valence electrons. The summed E-state index contributed by atoms with van der Waals surface area (Å²) in [4.78, 5) is 16.5. The predicted octanol–water partition coefficient (Wildman–Crippen LogP) is 6.85. The Morgan fingerprint density at radius 1 is 1.03 bits per heavy atom. The van der Waals surface area contributed by atoms with Crippen LogP contribution >= 0.6 is 0 Å². The van der Waals surface area contributed by atoms with Gasteiger partial charge in [0.2, 0.25) is 0 Å². The number of hydrogen-bond donors (Lipinski definition) is 0. The number of rotatable bonds is 5. The van der Waals surface area contributed by atoms with Crippen LogP contribution in [0.5, 0.6) is 0 Å². The highest BCUT2D eigenvalue weighted by Crippen LogP contribution is 2.25. The summed E-state index contributed by atoms with van der Waals surface area (Å²) in [5, 5.41) is 0. The van der Waals surface area contributed by atoms with Crippen molar-refractivity contribution in [2.75, 3.05) is 31.6 Å². The van der Waals surface area contributed by atoms with Gasteiger partial charge < -0.3 is 14.5 Å². The fourth-order valence-corrected chi connectivity index (χ4v) is 4.12. The molecule has 3 rings (SSSR count). The summed E-state index contributed by atoms with van der Waals surface area (Å²) in [6.45, 7) is 14.9. The van der Waals surface area contributed by atoms with Crippen molar-refractivity contribution in [2.45, 2.75) is 59.0 Å². The molecule has 1 saturated heterocycles. The topological polar surface area (TPSA) is 32.8 Å². The number of amides is 1. The molecule has 2 aromatic rings. The minimum atomic E-state index is -0.450. The molecule has 1 fully saturated rings. The lowest BCUT2D eigenvalue weighted by atomic mass is 9.87. The van der Waals surface area contributed by atoms with Gasteiger partial charge in [-0.1, -0.05) is 69.3 Å². The van der Waals surface area contributed by atoms with Crippen molar-refractivity contribution in [3.63, 3.8) is 0 Å². The lowest BCUT2D eigenvalue weighted by Crippen LogP contribution is -2.36. The van der Waals surface area contributed by atoms with E-state index in [9.17, 15) is 4.79 Å². The highest BCUT2D eigenvalue weighted by Gasteiger charge is 2.30. The maximum absolute atomic E-state index is 12.3. The van der Waals surface area contributed by atoms with Gasteiger partial charge in [-0.05, 0) is 67.3 Å². The minimum absolute atomic E-state index is 0.171. The fraction of sp³-hybridized carbons (Fsp3) is 0.483. The summed E-state index contributed by atoms with van der Waals surface area (Å²) in [5.41, 5.74) is 4.64. The number of carbonyl (C=O) groups excluding carboxylic acids is 1. The van der Waals surface area contributed by atoms with E-state index in [1.165, 1.54) is 22.4 Å². The van der Waals surface area contributed by atoms with Gasteiger partial charge >= 0.3 is 6.09 Å². The van der Waals surface area contributed by atoms with Gasteiger partial charge in [0.25, 0.3) is 0 Å². The number of benzene rings is 2. The van der Waals surface area contributed by atoms with Gasteiger partial charge in [0.1, 0.15) is 5.60 Å². The molecular weight excluding hydrogens is 408 g/mol. The third-order valence-electron chi connectivity index (χ3n) is 6.03. The van der Waals surface area contributed by atoms with Crippen molar-refractivity contribution in [3.05, 3.63) is 65.2 Å². The molecule has 0 aliphatic carbocycles. The van der Waals surface area contributed by atoms with Gasteiger partial charge in [0.05, 0.1) is 0 Å². The van der Waals surface area contributed by atoms with Crippen molar-refractivity contribution < 1.29 is 9.53 Å². The zero-order valence-electron chi connectivity index (χ0n) is 21.4. The number of nitrogens with zero attached hydrogens (tertiary/aromatic N) is 2. The average Bonchev–Trinajstić information content (AvgIpc) is 3.20. The van der Waals surface area contributed by atoms with Gasteiger partial charge in [0.15, 0.2) is 0 Å². The van der Waals surface area contributed by atoms with Crippen LogP contribution in [0.1, 0.15) is 64.7 Å². The molecule has 1 atom stereocenters. The number of hydrogen-bond acceptors (Lipinski definition) is 3. The second-order valence-corrected chi connectivity index (χ2v) is 11.3. The zero-order valence-corrected chi connectivity index (χ0v) is 21.4. The Bertz CT molecular complexity index is 964. The molecule has 0 N–H and O–H groups in total. The number of carbonyl (C=O) groups is 1. The van der Waals surface area contributed by atoms with Crippen LogP contribution in [-0.2, 0) is 10.2 Å². The predicted molar refractivity (Wildman–Crippen MR) is 140 cm³/mol. The first-order valence-electron chi connectivity index (χ1n) is 12.0. The first-order valence-corrected chi connectivity index (χ1v) is 12.0. The van der Waals surface area contributed by atoms with Crippen LogP contribution in [0.15, 0.2) is 48.5 Å². The molecule has 0 bridgehead atoms. The van der Waals surface area contributed by atoms with Gasteiger partial charge in [0, 0.05) is 32.4 Å². The van der Waals surface area contributed by atoms with Crippen molar-refractivity contribution in [3.8, 4) is 0 Å². The van der Waals surface area contributed by atoms with Gasteiger partial charge in [-0.25, -0.2) is 4.79 Å². The number of ether oxygens (including phenoxy) is 1. The Morgan fingerprint density at radius 3 is 2.33 bits per heavy atom. The second kappa shape index (κ2) is 10.0. The highest BCUT2D eigenvalue weighted by atomic mass is 16.6. The van der Waals surface area contributed by atoms with Crippen molar-refractivity contribution in [1.82, 2.24) is 4.90 Å². The standard InChI is InChI=1S/C29H40N2O2/c1-28(2,3)25-15-13-22(14-16-25)11-12-23-9-8-10-26(19-23)30(7)20-24-17-18-31(21-24)27(32)33-29(4,5)6/h8-16,19,24H,17-18,20-21H2,1-7H3/b12-11-.